The van der Waals surface area contributed by atoms with Gasteiger partial charge in [-0.2, -0.15) is 0 Å². The van der Waals surface area contributed by atoms with Crippen molar-refractivity contribution in [3.63, 3.8) is 0 Å². The topological polar surface area (TPSA) is 54.4 Å². The Balaban J connectivity index is 0. The van der Waals surface area contributed by atoms with E-state index in [9.17, 15) is 9.59 Å². The number of hydrogen-bond donors (Lipinski definition) is 1. The first-order valence-electron chi connectivity index (χ1n) is 2.34. The van der Waals surface area contributed by atoms with Gasteiger partial charge in [0, 0.05) is 26.5 Å². The van der Waals surface area contributed by atoms with E-state index in [0.717, 1.165) is 0 Å². The summed E-state index contributed by atoms with van der Waals surface area (Å²) in [4.78, 5) is 19.8. The molecule has 4 heteroatoms. The standard InChI is InChI=1S/C5H8O3.Ir/c1-4(6)2-3-5(7)8;/h2-3H2,1H3,(H,7,8);. The molecule has 0 amide bonds. The number of rotatable bonds is 3. The summed E-state index contributed by atoms with van der Waals surface area (Å²) in [6.45, 7) is 1.38. The molecule has 0 aliphatic heterocycles. The molecule has 0 fully saturated rings. The zero-order valence-corrected chi connectivity index (χ0v) is 7.41. The predicted octanol–water partition coefficient (Wildman–Crippen LogP) is 0.438. The summed E-state index contributed by atoms with van der Waals surface area (Å²) in [5.41, 5.74) is 0. The fraction of sp³-hybridized carbons (Fsp3) is 0.600. The van der Waals surface area contributed by atoms with Crippen molar-refractivity contribution in [3.8, 4) is 0 Å². The SMILES string of the molecule is CC(=O)CCC(=O)O.[Ir]. The van der Waals surface area contributed by atoms with E-state index < -0.39 is 5.97 Å². The zero-order valence-electron chi connectivity index (χ0n) is 5.01. The number of aliphatic carboxylic acids is 1. The second-order valence-electron chi connectivity index (χ2n) is 1.60. The van der Waals surface area contributed by atoms with E-state index in [2.05, 4.69) is 0 Å². The molecule has 3 nitrogen and oxygen atoms in total. The van der Waals surface area contributed by atoms with E-state index >= 15 is 0 Å². The Morgan fingerprint density at radius 2 is 1.78 bits per heavy atom. The number of hydrogen-bond acceptors (Lipinski definition) is 2. The maximum atomic E-state index is 10.1. The van der Waals surface area contributed by atoms with Gasteiger partial charge >= 0.3 is 5.97 Å². The summed E-state index contributed by atoms with van der Waals surface area (Å²) in [6, 6.07) is 0. The molecule has 0 spiro atoms. The van der Waals surface area contributed by atoms with Gasteiger partial charge in [-0.1, -0.05) is 0 Å². The van der Waals surface area contributed by atoms with Gasteiger partial charge in [0.2, 0.25) is 0 Å². The van der Waals surface area contributed by atoms with Crippen LogP contribution in [0, 0.1) is 0 Å². The van der Waals surface area contributed by atoms with Crippen LogP contribution in [0.1, 0.15) is 19.8 Å². The van der Waals surface area contributed by atoms with Crippen molar-refractivity contribution in [2.45, 2.75) is 19.8 Å². The van der Waals surface area contributed by atoms with Gasteiger partial charge in [0.1, 0.15) is 5.78 Å². The molecule has 0 aliphatic rings. The minimum Gasteiger partial charge on any atom is -0.481 e. The Kier molecular flexibility index (Phi) is 7.61. The molecule has 0 rings (SSSR count). The first-order valence-corrected chi connectivity index (χ1v) is 2.34. The van der Waals surface area contributed by atoms with Gasteiger partial charge in [-0.15, -0.1) is 0 Å². The molecule has 0 saturated carbocycles. The Morgan fingerprint density at radius 3 is 1.89 bits per heavy atom. The third kappa shape index (κ3) is 11.4. The van der Waals surface area contributed by atoms with Crippen molar-refractivity contribution >= 4 is 11.8 Å². The van der Waals surface area contributed by atoms with Gasteiger partial charge in [-0.3, -0.25) is 4.79 Å². The molecule has 0 atom stereocenters. The van der Waals surface area contributed by atoms with Crippen LogP contribution in [0.4, 0.5) is 0 Å². The normalized spacial score (nSPS) is 7.67. The third-order valence-corrected chi connectivity index (χ3v) is 0.691. The Labute approximate surface area is 66.8 Å². The molecule has 55 valence electrons. The van der Waals surface area contributed by atoms with Crippen molar-refractivity contribution in [1.82, 2.24) is 0 Å². The molecule has 0 heterocycles. The van der Waals surface area contributed by atoms with Crippen LogP contribution in [0.5, 0.6) is 0 Å². The molecule has 0 aromatic heterocycles. The number of carbonyl (C=O) groups is 2. The van der Waals surface area contributed by atoms with Crippen molar-refractivity contribution in [2.75, 3.05) is 0 Å². The minimum absolute atomic E-state index is 0. The van der Waals surface area contributed by atoms with Gasteiger partial charge in [0.15, 0.2) is 0 Å². The van der Waals surface area contributed by atoms with Crippen LogP contribution >= 0.6 is 0 Å². The number of ketones is 1. The quantitative estimate of drug-likeness (QED) is 0.823. The number of carbonyl (C=O) groups excluding carboxylic acids is 1. The fourth-order valence-corrected chi connectivity index (χ4v) is 0.283. The molecular formula is C5H8IrO3. The van der Waals surface area contributed by atoms with Gasteiger partial charge in [-0.05, 0) is 6.92 Å². The largest absolute Gasteiger partial charge is 0.481 e. The van der Waals surface area contributed by atoms with Gasteiger partial charge in [-0.25, -0.2) is 0 Å². The molecule has 0 saturated heterocycles. The van der Waals surface area contributed by atoms with Crippen LogP contribution < -0.4 is 0 Å². The van der Waals surface area contributed by atoms with E-state index in [1.54, 1.807) is 0 Å². The molecule has 9 heavy (non-hydrogen) atoms. The monoisotopic (exact) mass is 309 g/mol. The maximum Gasteiger partial charge on any atom is 0.303 e. The van der Waals surface area contributed by atoms with Gasteiger partial charge < -0.3 is 9.90 Å². The van der Waals surface area contributed by atoms with Crippen molar-refractivity contribution in [2.24, 2.45) is 0 Å². The molecule has 0 aromatic rings. The van der Waals surface area contributed by atoms with Crippen LogP contribution in [0.25, 0.3) is 0 Å². The van der Waals surface area contributed by atoms with E-state index in [1.165, 1.54) is 6.92 Å². The maximum absolute atomic E-state index is 10.1. The predicted molar refractivity (Wildman–Crippen MR) is 27.6 cm³/mol. The summed E-state index contributed by atoms with van der Waals surface area (Å²) in [5, 5.41) is 8.01. The van der Waals surface area contributed by atoms with E-state index in [-0.39, 0.29) is 38.7 Å². The minimum atomic E-state index is -0.916. The van der Waals surface area contributed by atoms with E-state index in [4.69, 9.17) is 5.11 Å². The molecular weight excluding hydrogens is 300 g/mol. The van der Waals surface area contributed by atoms with Crippen LogP contribution in [-0.4, -0.2) is 16.9 Å². The number of carboxylic acid groups (broad SMARTS) is 1. The third-order valence-electron chi connectivity index (χ3n) is 0.691. The molecule has 0 unspecified atom stereocenters. The number of Topliss-reactive ketones (excluding diaryl/α,β-unsaturated/α-hetero) is 1. The summed E-state index contributed by atoms with van der Waals surface area (Å²) in [6.07, 6.45) is 0.102. The Bertz CT molecular complexity index is 96.8. The second-order valence-corrected chi connectivity index (χ2v) is 1.60. The smallest absolute Gasteiger partial charge is 0.303 e. The first-order chi connectivity index (χ1) is 3.63. The molecule has 0 aliphatic carbocycles. The molecule has 0 aromatic carbocycles. The number of carboxylic acids is 1. The average Bonchev–Trinajstić information content (AvgIpc) is 1.61. The van der Waals surface area contributed by atoms with Crippen molar-refractivity contribution in [3.05, 3.63) is 0 Å². The van der Waals surface area contributed by atoms with E-state index in [0.29, 0.717) is 0 Å². The average molecular weight is 308 g/mol. The van der Waals surface area contributed by atoms with Crippen LogP contribution in [0.2, 0.25) is 0 Å². The zero-order chi connectivity index (χ0) is 6.57. The molecule has 0 bridgehead atoms. The summed E-state index contributed by atoms with van der Waals surface area (Å²) in [5.74, 6) is -0.993. The molecule has 1 radical (unpaired) electrons. The second kappa shape index (κ2) is 5.92. The van der Waals surface area contributed by atoms with Gasteiger partial charge in [0.25, 0.3) is 0 Å². The summed E-state index contributed by atoms with van der Waals surface area (Å²) in [7, 11) is 0. The van der Waals surface area contributed by atoms with Gasteiger partial charge in [0.05, 0.1) is 6.42 Å². The van der Waals surface area contributed by atoms with Crippen molar-refractivity contribution in [1.29, 1.82) is 0 Å². The van der Waals surface area contributed by atoms with Crippen LogP contribution in [-0.2, 0) is 29.7 Å². The molecule has 1 N–H and O–H groups in total. The summed E-state index contributed by atoms with van der Waals surface area (Å²) < 4.78 is 0. The van der Waals surface area contributed by atoms with E-state index in [1.807, 2.05) is 0 Å². The van der Waals surface area contributed by atoms with Crippen LogP contribution in [0.3, 0.4) is 0 Å². The first kappa shape index (κ1) is 11.6. The van der Waals surface area contributed by atoms with Crippen LogP contribution in [0.15, 0.2) is 0 Å². The summed E-state index contributed by atoms with van der Waals surface area (Å²) >= 11 is 0. The fourth-order valence-electron chi connectivity index (χ4n) is 0.283. The van der Waals surface area contributed by atoms with Crippen molar-refractivity contribution < 1.29 is 34.8 Å². The Hall–Kier alpha value is -0.211. The Morgan fingerprint density at radius 1 is 1.33 bits per heavy atom.